The molecule has 0 aliphatic rings. The SMILES string of the molecule is CC(=O)c1ccn(CC(=O)OC(C)C)c1. The number of ketones is 1. The van der Waals surface area contributed by atoms with Crippen LogP contribution in [0.1, 0.15) is 31.1 Å². The van der Waals surface area contributed by atoms with Gasteiger partial charge >= 0.3 is 5.97 Å². The van der Waals surface area contributed by atoms with Crippen LogP contribution in [0, 0.1) is 0 Å². The summed E-state index contributed by atoms with van der Waals surface area (Å²) < 4.78 is 6.62. The van der Waals surface area contributed by atoms with Crippen LogP contribution in [-0.4, -0.2) is 22.4 Å². The average molecular weight is 209 g/mol. The van der Waals surface area contributed by atoms with E-state index in [2.05, 4.69) is 0 Å². The number of aromatic nitrogens is 1. The second-order valence-electron chi connectivity index (χ2n) is 3.67. The van der Waals surface area contributed by atoms with E-state index in [1.54, 1.807) is 36.9 Å². The van der Waals surface area contributed by atoms with E-state index < -0.39 is 0 Å². The van der Waals surface area contributed by atoms with Crippen molar-refractivity contribution in [1.82, 2.24) is 4.57 Å². The molecular weight excluding hydrogens is 194 g/mol. The third kappa shape index (κ3) is 3.58. The van der Waals surface area contributed by atoms with E-state index >= 15 is 0 Å². The van der Waals surface area contributed by atoms with Crippen LogP contribution in [0.15, 0.2) is 18.5 Å². The molecule has 0 N–H and O–H groups in total. The van der Waals surface area contributed by atoms with Gasteiger partial charge in [-0.1, -0.05) is 0 Å². The van der Waals surface area contributed by atoms with Gasteiger partial charge in [0.1, 0.15) is 6.54 Å². The van der Waals surface area contributed by atoms with Crippen molar-refractivity contribution in [3.05, 3.63) is 24.0 Å². The Morgan fingerprint density at radius 2 is 2.13 bits per heavy atom. The van der Waals surface area contributed by atoms with E-state index in [1.165, 1.54) is 6.92 Å². The van der Waals surface area contributed by atoms with Gasteiger partial charge in [0.25, 0.3) is 0 Å². The van der Waals surface area contributed by atoms with Gasteiger partial charge in [-0.25, -0.2) is 0 Å². The zero-order valence-corrected chi connectivity index (χ0v) is 9.19. The molecule has 1 rings (SSSR count). The molecule has 0 bridgehead atoms. The molecule has 15 heavy (non-hydrogen) atoms. The smallest absolute Gasteiger partial charge is 0.326 e. The first-order valence-electron chi connectivity index (χ1n) is 4.85. The van der Waals surface area contributed by atoms with Gasteiger partial charge in [-0.15, -0.1) is 0 Å². The quantitative estimate of drug-likeness (QED) is 0.559. The Hall–Kier alpha value is -1.58. The second kappa shape index (κ2) is 4.77. The van der Waals surface area contributed by atoms with Crippen LogP contribution in [0.2, 0.25) is 0 Å². The lowest BCUT2D eigenvalue weighted by Crippen LogP contribution is -2.16. The summed E-state index contributed by atoms with van der Waals surface area (Å²) in [6.45, 7) is 5.24. The molecule has 0 spiro atoms. The molecule has 1 heterocycles. The third-order valence-corrected chi connectivity index (χ3v) is 1.84. The molecular formula is C11H15NO3. The maximum absolute atomic E-state index is 11.3. The molecule has 0 aliphatic carbocycles. The molecule has 0 fully saturated rings. The molecule has 0 aromatic carbocycles. The van der Waals surface area contributed by atoms with Crippen molar-refractivity contribution in [3.63, 3.8) is 0 Å². The number of carbonyl (C=O) groups excluding carboxylic acids is 2. The fourth-order valence-electron chi connectivity index (χ4n) is 1.20. The van der Waals surface area contributed by atoms with Crippen molar-refractivity contribution in [2.24, 2.45) is 0 Å². The maximum Gasteiger partial charge on any atom is 0.326 e. The highest BCUT2D eigenvalue weighted by Gasteiger charge is 2.07. The minimum atomic E-state index is -0.296. The first-order chi connectivity index (χ1) is 6.99. The van der Waals surface area contributed by atoms with Crippen molar-refractivity contribution in [3.8, 4) is 0 Å². The van der Waals surface area contributed by atoms with Gasteiger partial charge in [0.2, 0.25) is 0 Å². The minimum Gasteiger partial charge on any atom is -0.462 e. The molecule has 1 aromatic rings. The maximum atomic E-state index is 11.3. The van der Waals surface area contributed by atoms with E-state index in [0.717, 1.165) is 0 Å². The van der Waals surface area contributed by atoms with E-state index in [9.17, 15) is 9.59 Å². The lowest BCUT2D eigenvalue weighted by atomic mass is 10.2. The predicted octanol–water partition coefficient (Wildman–Crippen LogP) is 1.64. The number of hydrogen-bond acceptors (Lipinski definition) is 3. The Morgan fingerprint density at radius 1 is 1.47 bits per heavy atom. The molecule has 4 nitrogen and oxygen atoms in total. The van der Waals surface area contributed by atoms with Crippen molar-refractivity contribution < 1.29 is 14.3 Å². The molecule has 4 heteroatoms. The van der Waals surface area contributed by atoms with Gasteiger partial charge < -0.3 is 9.30 Å². The Labute approximate surface area is 88.8 Å². The van der Waals surface area contributed by atoms with Crippen molar-refractivity contribution in [1.29, 1.82) is 0 Å². The van der Waals surface area contributed by atoms with Gasteiger partial charge in [0.05, 0.1) is 6.10 Å². The molecule has 0 saturated heterocycles. The first-order valence-corrected chi connectivity index (χ1v) is 4.85. The minimum absolute atomic E-state index is 0.00835. The Morgan fingerprint density at radius 3 is 2.60 bits per heavy atom. The molecule has 0 saturated carbocycles. The fraction of sp³-hybridized carbons (Fsp3) is 0.455. The summed E-state index contributed by atoms with van der Waals surface area (Å²) in [4.78, 5) is 22.3. The lowest BCUT2D eigenvalue weighted by Gasteiger charge is -2.07. The van der Waals surface area contributed by atoms with Crippen LogP contribution < -0.4 is 0 Å². The molecule has 0 amide bonds. The van der Waals surface area contributed by atoms with Crippen LogP contribution >= 0.6 is 0 Å². The molecule has 82 valence electrons. The monoisotopic (exact) mass is 209 g/mol. The molecule has 0 atom stereocenters. The van der Waals surface area contributed by atoms with Gasteiger partial charge in [-0.2, -0.15) is 0 Å². The lowest BCUT2D eigenvalue weighted by molar-refractivity contribution is -0.148. The number of carbonyl (C=O) groups is 2. The number of rotatable bonds is 4. The standard InChI is InChI=1S/C11H15NO3/c1-8(2)15-11(14)7-12-5-4-10(6-12)9(3)13/h4-6,8H,7H2,1-3H3. The van der Waals surface area contributed by atoms with Gasteiger partial charge in [0, 0.05) is 18.0 Å². The van der Waals surface area contributed by atoms with E-state index in [1.807, 2.05) is 0 Å². The van der Waals surface area contributed by atoms with E-state index in [4.69, 9.17) is 4.74 Å². The van der Waals surface area contributed by atoms with E-state index in [-0.39, 0.29) is 24.4 Å². The normalized spacial score (nSPS) is 10.4. The summed E-state index contributed by atoms with van der Waals surface area (Å²) in [6.07, 6.45) is 3.22. The van der Waals surface area contributed by atoms with Gasteiger partial charge in [-0.3, -0.25) is 9.59 Å². The number of ether oxygens (including phenoxy) is 1. The molecule has 0 aliphatic heterocycles. The number of esters is 1. The molecule has 0 radical (unpaired) electrons. The second-order valence-corrected chi connectivity index (χ2v) is 3.67. The summed E-state index contributed by atoms with van der Waals surface area (Å²) in [6, 6.07) is 1.69. The topological polar surface area (TPSA) is 48.3 Å². The van der Waals surface area contributed by atoms with E-state index in [0.29, 0.717) is 5.56 Å². The van der Waals surface area contributed by atoms with Crippen molar-refractivity contribution in [2.45, 2.75) is 33.4 Å². The van der Waals surface area contributed by atoms with Crippen LogP contribution in [0.5, 0.6) is 0 Å². The summed E-state index contributed by atoms with van der Waals surface area (Å²) in [5, 5.41) is 0. The molecule has 0 unspecified atom stereocenters. The number of nitrogens with zero attached hydrogens (tertiary/aromatic N) is 1. The number of hydrogen-bond donors (Lipinski definition) is 0. The molecule has 1 aromatic heterocycles. The van der Waals surface area contributed by atoms with Crippen LogP contribution in [-0.2, 0) is 16.1 Å². The van der Waals surface area contributed by atoms with Crippen molar-refractivity contribution in [2.75, 3.05) is 0 Å². The number of Topliss-reactive ketones (excluding diaryl/α,β-unsaturated/α-hetero) is 1. The van der Waals surface area contributed by atoms with Gasteiger partial charge in [-0.05, 0) is 26.8 Å². The Balaban J connectivity index is 2.57. The zero-order valence-electron chi connectivity index (χ0n) is 9.19. The van der Waals surface area contributed by atoms with Crippen LogP contribution in [0.4, 0.5) is 0 Å². The van der Waals surface area contributed by atoms with Crippen molar-refractivity contribution >= 4 is 11.8 Å². The van der Waals surface area contributed by atoms with Crippen LogP contribution in [0.3, 0.4) is 0 Å². The highest BCUT2D eigenvalue weighted by Crippen LogP contribution is 2.03. The highest BCUT2D eigenvalue weighted by atomic mass is 16.5. The van der Waals surface area contributed by atoms with Gasteiger partial charge in [0.15, 0.2) is 5.78 Å². The predicted molar refractivity (Wildman–Crippen MR) is 55.7 cm³/mol. The summed E-state index contributed by atoms with van der Waals surface area (Å²) in [5.74, 6) is -0.304. The van der Waals surface area contributed by atoms with Crippen LogP contribution in [0.25, 0.3) is 0 Å². The Kier molecular flexibility index (Phi) is 3.66. The summed E-state index contributed by atoms with van der Waals surface area (Å²) >= 11 is 0. The largest absolute Gasteiger partial charge is 0.462 e. The third-order valence-electron chi connectivity index (χ3n) is 1.84. The average Bonchev–Trinajstić information content (AvgIpc) is 2.50. The highest BCUT2D eigenvalue weighted by molar-refractivity contribution is 5.93. The zero-order chi connectivity index (χ0) is 11.4. The Bertz CT molecular complexity index is 366. The first kappa shape index (κ1) is 11.5. The fourth-order valence-corrected chi connectivity index (χ4v) is 1.20. The summed E-state index contributed by atoms with van der Waals surface area (Å²) in [7, 11) is 0. The summed E-state index contributed by atoms with van der Waals surface area (Å²) in [5.41, 5.74) is 0.604.